The van der Waals surface area contributed by atoms with Crippen molar-refractivity contribution in [2.24, 2.45) is 5.92 Å². The second-order valence-electron chi connectivity index (χ2n) is 12.0. The van der Waals surface area contributed by atoms with Crippen LogP contribution in [0.25, 0.3) is 5.57 Å². The van der Waals surface area contributed by atoms with Gasteiger partial charge in [0.15, 0.2) is 0 Å². The largest absolute Gasteiger partial charge is 0.356 e. The summed E-state index contributed by atoms with van der Waals surface area (Å²) in [6, 6.07) is 15.1. The molecule has 0 aromatic heterocycles. The lowest BCUT2D eigenvalue weighted by molar-refractivity contribution is 0.750. The molecule has 0 fully saturated rings. The van der Waals surface area contributed by atoms with E-state index < -0.39 is 0 Å². The molecule has 1 aliphatic rings. The molecule has 2 aromatic rings. The Balaban J connectivity index is 0. The number of hydrogen-bond acceptors (Lipinski definition) is 1. The molecule has 1 aliphatic carbocycles. The van der Waals surface area contributed by atoms with Crippen molar-refractivity contribution in [3.63, 3.8) is 0 Å². The lowest BCUT2D eigenvalue weighted by atomic mass is 9.89. The SMILES string of the molecule is C=C(/C=C\C=C(/C)CC)CC(C)C(=C)c1ccc(C)c(NC(=C)C2=CC=CC2)c1.CC.CC.CCCC.CCCCc1ccccc1C. The van der Waals surface area contributed by atoms with Gasteiger partial charge in [-0.15, -0.1) is 0 Å². The van der Waals surface area contributed by atoms with Crippen LogP contribution in [0.4, 0.5) is 5.69 Å². The van der Waals surface area contributed by atoms with Crippen LogP contribution in [-0.2, 0) is 6.42 Å². The molecular formula is C47H73N. The molecule has 0 amide bonds. The van der Waals surface area contributed by atoms with Gasteiger partial charge in [-0.2, -0.15) is 0 Å². The van der Waals surface area contributed by atoms with E-state index >= 15 is 0 Å². The number of allylic oxidation sites excluding steroid dienone is 10. The number of unbranched alkanes of at least 4 members (excludes halogenated alkanes) is 2. The summed E-state index contributed by atoms with van der Waals surface area (Å²) in [6.45, 7) is 38.2. The summed E-state index contributed by atoms with van der Waals surface area (Å²) in [5.74, 6) is 0.323. The Morgan fingerprint density at radius 1 is 0.875 bits per heavy atom. The zero-order valence-electron chi connectivity index (χ0n) is 33.4. The molecule has 0 heterocycles. The smallest absolute Gasteiger partial charge is 0.0419 e. The normalized spacial score (nSPS) is 12.1. The average Bonchev–Trinajstić information content (AvgIpc) is 3.66. The number of anilines is 1. The zero-order valence-corrected chi connectivity index (χ0v) is 33.4. The highest BCUT2D eigenvalue weighted by atomic mass is 14.9. The van der Waals surface area contributed by atoms with Gasteiger partial charge in [0.25, 0.3) is 0 Å². The van der Waals surface area contributed by atoms with Crippen molar-refractivity contribution in [2.75, 3.05) is 5.32 Å². The van der Waals surface area contributed by atoms with Gasteiger partial charge >= 0.3 is 0 Å². The molecule has 1 nitrogen and oxygen atoms in total. The summed E-state index contributed by atoms with van der Waals surface area (Å²) in [5.41, 5.74) is 12.2. The van der Waals surface area contributed by atoms with E-state index in [1.165, 1.54) is 59.9 Å². The first kappa shape index (κ1) is 46.5. The van der Waals surface area contributed by atoms with Crippen LogP contribution in [0.3, 0.4) is 0 Å². The number of hydrogen-bond donors (Lipinski definition) is 1. The van der Waals surface area contributed by atoms with Crippen LogP contribution >= 0.6 is 0 Å². The summed E-state index contributed by atoms with van der Waals surface area (Å²) in [7, 11) is 0. The van der Waals surface area contributed by atoms with Gasteiger partial charge in [-0.05, 0) is 98.3 Å². The Kier molecular flexibility index (Phi) is 28.7. The van der Waals surface area contributed by atoms with Crippen molar-refractivity contribution in [2.45, 2.75) is 134 Å². The standard InChI is InChI=1S/C28H35N.C11H16.C4H10.2C2H6/c1-8-20(2)12-11-13-21(3)18-23(5)24(6)27-17-16-22(4)28(19-27)29-25(7)26-14-9-10-15-26;1-3-4-8-11-9-6-5-7-10(11)2;1-3-4-2;2*1-2/h9-14,16-17,19,23,29H,3,6-8,15,18H2,1-2,4-5H3;5-7,9H,3-4,8H2,1-2H3;3-4H2,1-2H3;2*1-2H3/b13-11-,20-12+;;;;. The highest BCUT2D eigenvalue weighted by Crippen LogP contribution is 2.31. The third-order valence-corrected chi connectivity index (χ3v) is 8.05. The molecule has 0 spiro atoms. The minimum atomic E-state index is 0.323. The van der Waals surface area contributed by atoms with E-state index in [0.717, 1.165) is 47.4 Å². The van der Waals surface area contributed by atoms with Crippen LogP contribution in [0.5, 0.6) is 0 Å². The van der Waals surface area contributed by atoms with E-state index in [1.54, 1.807) is 0 Å². The molecule has 0 saturated heterocycles. The predicted molar refractivity (Wildman–Crippen MR) is 224 cm³/mol. The summed E-state index contributed by atoms with van der Waals surface area (Å²) in [6.07, 6.45) is 22.1. The second kappa shape index (κ2) is 29.6. The minimum Gasteiger partial charge on any atom is -0.356 e. The lowest BCUT2D eigenvalue weighted by Gasteiger charge is -2.18. The Hall–Kier alpha value is -3.58. The van der Waals surface area contributed by atoms with E-state index in [9.17, 15) is 0 Å². The molecule has 1 N–H and O–H groups in total. The third-order valence-electron chi connectivity index (χ3n) is 8.05. The monoisotopic (exact) mass is 652 g/mol. The average molecular weight is 652 g/mol. The maximum atomic E-state index is 4.38. The van der Waals surface area contributed by atoms with Gasteiger partial charge in [0.05, 0.1) is 0 Å². The van der Waals surface area contributed by atoms with Crippen molar-refractivity contribution in [3.8, 4) is 0 Å². The first-order valence-electron chi connectivity index (χ1n) is 18.8. The summed E-state index contributed by atoms with van der Waals surface area (Å²) in [5, 5.41) is 3.49. The van der Waals surface area contributed by atoms with Gasteiger partial charge < -0.3 is 5.32 Å². The number of benzene rings is 2. The van der Waals surface area contributed by atoms with Gasteiger partial charge in [0.2, 0.25) is 0 Å². The number of rotatable bonds is 14. The topological polar surface area (TPSA) is 12.0 Å². The molecule has 1 heteroatoms. The maximum absolute atomic E-state index is 4.38. The van der Waals surface area contributed by atoms with E-state index in [2.05, 4.69) is 159 Å². The molecule has 0 bridgehead atoms. The van der Waals surface area contributed by atoms with Gasteiger partial charge in [-0.3, -0.25) is 0 Å². The molecule has 2 aromatic carbocycles. The second-order valence-corrected chi connectivity index (χ2v) is 12.0. The van der Waals surface area contributed by atoms with Crippen LogP contribution in [0.1, 0.15) is 136 Å². The van der Waals surface area contributed by atoms with Gasteiger partial charge in [-0.25, -0.2) is 0 Å². The molecule has 266 valence electrons. The van der Waals surface area contributed by atoms with Crippen molar-refractivity contribution >= 4 is 11.3 Å². The fourth-order valence-electron chi connectivity index (χ4n) is 4.46. The van der Waals surface area contributed by atoms with E-state index in [0.29, 0.717) is 5.92 Å². The molecule has 0 radical (unpaired) electrons. The van der Waals surface area contributed by atoms with Crippen LogP contribution < -0.4 is 5.32 Å². The van der Waals surface area contributed by atoms with Crippen LogP contribution in [-0.4, -0.2) is 0 Å². The minimum absolute atomic E-state index is 0.323. The van der Waals surface area contributed by atoms with Crippen LogP contribution in [0.2, 0.25) is 0 Å². The molecular weight excluding hydrogens is 579 g/mol. The van der Waals surface area contributed by atoms with E-state index in [1.807, 2.05) is 27.7 Å². The predicted octanol–water partition coefficient (Wildman–Crippen LogP) is 15.5. The molecule has 1 atom stereocenters. The quantitative estimate of drug-likeness (QED) is 0.200. The Morgan fingerprint density at radius 2 is 1.52 bits per heavy atom. The zero-order chi connectivity index (χ0) is 36.9. The number of aryl methyl sites for hydroxylation is 3. The lowest BCUT2D eigenvalue weighted by Crippen LogP contribution is -2.04. The van der Waals surface area contributed by atoms with E-state index in [-0.39, 0.29) is 0 Å². The molecule has 48 heavy (non-hydrogen) atoms. The molecule has 0 aliphatic heterocycles. The van der Waals surface area contributed by atoms with Gasteiger partial charge in [0.1, 0.15) is 0 Å². The first-order valence-corrected chi connectivity index (χ1v) is 18.8. The third kappa shape index (κ3) is 19.9. The van der Waals surface area contributed by atoms with Gasteiger partial charge in [0, 0.05) is 11.4 Å². The Morgan fingerprint density at radius 3 is 2.06 bits per heavy atom. The van der Waals surface area contributed by atoms with Crippen LogP contribution in [0.15, 0.2) is 121 Å². The fourth-order valence-corrected chi connectivity index (χ4v) is 4.46. The molecule has 0 saturated carbocycles. The van der Waals surface area contributed by atoms with Crippen molar-refractivity contribution in [1.82, 2.24) is 0 Å². The maximum Gasteiger partial charge on any atom is 0.0419 e. The number of nitrogens with one attached hydrogen (secondary N) is 1. The van der Waals surface area contributed by atoms with Crippen molar-refractivity contribution in [3.05, 3.63) is 143 Å². The van der Waals surface area contributed by atoms with Crippen molar-refractivity contribution in [1.29, 1.82) is 0 Å². The van der Waals surface area contributed by atoms with Crippen LogP contribution in [0, 0.1) is 19.8 Å². The Bertz CT molecular complexity index is 1310. The molecule has 1 unspecified atom stereocenters. The first-order chi connectivity index (χ1) is 23.1. The van der Waals surface area contributed by atoms with Gasteiger partial charge in [-0.1, -0.05) is 185 Å². The summed E-state index contributed by atoms with van der Waals surface area (Å²) in [4.78, 5) is 0. The summed E-state index contributed by atoms with van der Waals surface area (Å²) < 4.78 is 0. The van der Waals surface area contributed by atoms with Crippen molar-refractivity contribution < 1.29 is 0 Å². The summed E-state index contributed by atoms with van der Waals surface area (Å²) >= 11 is 0. The molecule has 3 rings (SSSR count). The van der Waals surface area contributed by atoms with E-state index in [4.69, 9.17) is 0 Å². The highest BCUT2D eigenvalue weighted by molar-refractivity contribution is 5.71. The highest BCUT2D eigenvalue weighted by Gasteiger charge is 2.12. The fraction of sp³-hybridized carbons (Fsp3) is 0.447. The Labute approximate surface area is 299 Å².